The van der Waals surface area contributed by atoms with Crippen LogP contribution in [0.2, 0.25) is 5.02 Å². The summed E-state index contributed by atoms with van der Waals surface area (Å²) in [5.41, 5.74) is 1.46. The Morgan fingerprint density at radius 2 is 1.80 bits per heavy atom. The Bertz CT molecular complexity index is 451. The van der Waals surface area contributed by atoms with E-state index in [1.807, 2.05) is 0 Å². The maximum atomic E-state index is 12.2. The highest BCUT2D eigenvalue weighted by molar-refractivity contribution is 6.30. The van der Waals surface area contributed by atoms with Gasteiger partial charge in [-0.15, -0.1) is 0 Å². The third kappa shape index (κ3) is 2.15. The van der Waals surface area contributed by atoms with Gasteiger partial charge < -0.3 is 0 Å². The van der Waals surface area contributed by atoms with Gasteiger partial charge in [0.2, 0.25) is 0 Å². The zero-order valence-corrected chi connectivity index (χ0v) is 8.33. The molecule has 0 radical (unpaired) electrons. The number of benzene rings is 1. The Hall–Kier alpha value is -1.42. The molecule has 0 saturated carbocycles. The van der Waals surface area contributed by atoms with Crippen LogP contribution in [0.3, 0.4) is 0 Å². The first kappa shape index (κ1) is 10.1. The lowest BCUT2D eigenvalue weighted by Crippen LogP contribution is -1.96. The molecule has 0 aliphatic carbocycles. The van der Waals surface area contributed by atoms with Gasteiger partial charge in [0, 0.05) is 16.8 Å². The lowest BCUT2D eigenvalue weighted by atomic mass is 10.1. The van der Waals surface area contributed by atoms with Crippen molar-refractivity contribution >= 4 is 11.6 Å². The minimum Gasteiger partial charge on any atom is -0.211 e. The molecule has 15 heavy (non-hydrogen) atoms. The van der Waals surface area contributed by atoms with E-state index in [9.17, 15) is 8.78 Å². The normalized spacial score (nSPS) is 10.9. The molecule has 1 heterocycles. The quantitative estimate of drug-likeness (QED) is 0.768. The van der Waals surface area contributed by atoms with Gasteiger partial charge in [-0.3, -0.25) is 0 Å². The molecule has 1 aromatic heterocycles. The lowest BCUT2D eigenvalue weighted by molar-refractivity contribution is 0.0566. The fourth-order valence-electron chi connectivity index (χ4n) is 1.24. The van der Waals surface area contributed by atoms with E-state index in [-0.39, 0.29) is 0 Å². The Labute approximate surface area is 90.1 Å². The van der Waals surface area contributed by atoms with Crippen molar-refractivity contribution in [2.45, 2.75) is 6.55 Å². The van der Waals surface area contributed by atoms with Crippen molar-refractivity contribution in [1.29, 1.82) is 0 Å². The van der Waals surface area contributed by atoms with Gasteiger partial charge in [-0.25, -0.2) is 4.68 Å². The molecule has 0 unspecified atom stereocenters. The largest absolute Gasteiger partial charge is 0.333 e. The zero-order valence-electron chi connectivity index (χ0n) is 7.57. The number of rotatable bonds is 2. The van der Waals surface area contributed by atoms with Gasteiger partial charge in [0.15, 0.2) is 0 Å². The summed E-state index contributed by atoms with van der Waals surface area (Å²) in [5, 5.41) is 4.16. The maximum absolute atomic E-state index is 12.2. The molecule has 0 bridgehead atoms. The van der Waals surface area contributed by atoms with Crippen molar-refractivity contribution in [3.8, 4) is 11.1 Å². The minimum absolute atomic E-state index is 0.611. The summed E-state index contributed by atoms with van der Waals surface area (Å²) in [6.45, 7) is -2.61. The van der Waals surface area contributed by atoms with Crippen LogP contribution in [0.5, 0.6) is 0 Å². The molecule has 78 valence electrons. The summed E-state index contributed by atoms with van der Waals surface area (Å²) < 4.78 is 25.1. The summed E-state index contributed by atoms with van der Waals surface area (Å²) >= 11 is 5.71. The van der Waals surface area contributed by atoms with E-state index in [1.54, 1.807) is 24.3 Å². The second-order valence-corrected chi connectivity index (χ2v) is 3.43. The van der Waals surface area contributed by atoms with Crippen LogP contribution >= 0.6 is 11.6 Å². The highest BCUT2D eigenvalue weighted by atomic mass is 35.5. The topological polar surface area (TPSA) is 17.8 Å². The molecule has 0 N–H and O–H groups in total. The van der Waals surface area contributed by atoms with Crippen LogP contribution in [-0.4, -0.2) is 9.78 Å². The first-order chi connectivity index (χ1) is 7.16. The minimum atomic E-state index is -2.61. The van der Waals surface area contributed by atoms with E-state index in [1.165, 1.54) is 12.4 Å². The second kappa shape index (κ2) is 3.98. The molecule has 0 saturated heterocycles. The van der Waals surface area contributed by atoms with Crippen molar-refractivity contribution in [3.05, 3.63) is 41.7 Å². The Kier molecular flexibility index (Phi) is 2.68. The van der Waals surface area contributed by atoms with Gasteiger partial charge in [-0.1, -0.05) is 23.7 Å². The standard InChI is InChI=1S/C10H7ClF2N2/c11-9-3-1-7(2-4-9)8-5-14-15(6-8)10(12)13/h1-6,10H. The van der Waals surface area contributed by atoms with E-state index in [4.69, 9.17) is 11.6 Å². The Balaban J connectivity index is 2.33. The Morgan fingerprint density at radius 3 is 2.33 bits per heavy atom. The van der Waals surface area contributed by atoms with Crippen LogP contribution < -0.4 is 0 Å². The van der Waals surface area contributed by atoms with Crippen molar-refractivity contribution < 1.29 is 8.78 Å². The zero-order chi connectivity index (χ0) is 10.8. The first-order valence-electron chi connectivity index (χ1n) is 4.25. The number of aromatic nitrogens is 2. The van der Waals surface area contributed by atoms with Gasteiger partial charge in [0.25, 0.3) is 0 Å². The predicted molar refractivity (Wildman–Crippen MR) is 53.9 cm³/mol. The lowest BCUT2D eigenvalue weighted by Gasteiger charge is -1.97. The first-order valence-corrected chi connectivity index (χ1v) is 4.63. The second-order valence-electron chi connectivity index (χ2n) is 2.99. The SMILES string of the molecule is FC(F)n1cc(-c2ccc(Cl)cc2)cn1. The van der Waals surface area contributed by atoms with Crippen LogP contribution in [0.1, 0.15) is 6.55 Å². The number of hydrogen-bond acceptors (Lipinski definition) is 1. The van der Waals surface area contributed by atoms with Gasteiger partial charge in [0.05, 0.1) is 6.20 Å². The molecule has 5 heteroatoms. The van der Waals surface area contributed by atoms with Crippen molar-refractivity contribution in [2.75, 3.05) is 0 Å². The summed E-state index contributed by atoms with van der Waals surface area (Å²) in [7, 11) is 0. The van der Waals surface area contributed by atoms with Crippen LogP contribution in [0.25, 0.3) is 11.1 Å². The van der Waals surface area contributed by atoms with Crippen LogP contribution in [0.15, 0.2) is 36.7 Å². The molecule has 0 fully saturated rings. The molecule has 1 aromatic carbocycles. The van der Waals surface area contributed by atoms with Gasteiger partial charge in [-0.2, -0.15) is 13.9 Å². The van der Waals surface area contributed by atoms with Crippen molar-refractivity contribution in [3.63, 3.8) is 0 Å². The third-order valence-corrected chi connectivity index (χ3v) is 2.23. The molecule has 2 rings (SSSR count). The van der Waals surface area contributed by atoms with Crippen LogP contribution in [0.4, 0.5) is 8.78 Å². The highest BCUT2D eigenvalue weighted by Crippen LogP contribution is 2.22. The van der Waals surface area contributed by atoms with Crippen molar-refractivity contribution in [2.24, 2.45) is 0 Å². The highest BCUT2D eigenvalue weighted by Gasteiger charge is 2.08. The molecule has 2 aromatic rings. The number of hydrogen-bond donors (Lipinski definition) is 0. The number of alkyl halides is 2. The molecule has 0 amide bonds. The summed E-state index contributed by atoms with van der Waals surface area (Å²) in [4.78, 5) is 0. The number of nitrogens with zero attached hydrogens (tertiary/aromatic N) is 2. The van der Waals surface area contributed by atoms with Crippen molar-refractivity contribution in [1.82, 2.24) is 9.78 Å². The van der Waals surface area contributed by atoms with Gasteiger partial charge in [-0.05, 0) is 17.7 Å². The smallest absolute Gasteiger partial charge is 0.211 e. The molecular formula is C10H7ClF2N2. The summed E-state index contributed by atoms with van der Waals surface area (Å²) in [6.07, 6.45) is 2.70. The van der Waals surface area contributed by atoms with Gasteiger partial charge in [0.1, 0.15) is 0 Å². The summed E-state index contributed by atoms with van der Waals surface area (Å²) in [5.74, 6) is 0. The van der Waals surface area contributed by atoms with E-state index in [2.05, 4.69) is 5.10 Å². The molecule has 0 spiro atoms. The molecule has 0 aliphatic rings. The molecular weight excluding hydrogens is 222 g/mol. The monoisotopic (exact) mass is 228 g/mol. The third-order valence-electron chi connectivity index (χ3n) is 1.98. The van der Waals surface area contributed by atoms with E-state index < -0.39 is 6.55 Å². The predicted octanol–water partition coefficient (Wildman–Crippen LogP) is 3.60. The molecule has 0 aliphatic heterocycles. The maximum Gasteiger partial charge on any atom is 0.333 e. The van der Waals surface area contributed by atoms with E-state index >= 15 is 0 Å². The Morgan fingerprint density at radius 1 is 1.13 bits per heavy atom. The van der Waals surface area contributed by atoms with Gasteiger partial charge >= 0.3 is 6.55 Å². The fraction of sp³-hybridized carbons (Fsp3) is 0.100. The fourth-order valence-corrected chi connectivity index (χ4v) is 1.36. The van der Waals surface area contributed by atoms with Crippen LogP contribution in [0, 0.1) is 0 Å². The van der Waals surface area contributed by atoms with E-state index in [0.717, 1.165) is 5.56 Å². The average Bonchev–Trinajstić information content (AvgIpc) is 2.68. The number of halogens is 3. The van der Waals surface area contributed by atoms with Crippen LogP contribution in [-0.2, 0) is 0 Å². The summed E-state index contributed by atoms with van der Waals surface area (Å²) in [6, 6.07) is 6.93. The molecule has 0 atom stereocenters. The molecule has 2 nitrogen and oxygen atoms in total. The average molecular weight is 229 g/mol. The van der Waals surface area contributed by atoms with E-state index in [0.29, 0.717) is 15.3 Å².